The molecule has 0 aromatic heterocycles. The Labute approximate surface area is 135 Å². The normalized spacial score (nSPS) is 14.0. The predicted octanol–water partition coefficient (Wildman–Crippen LogP) is 4.74. The molecule has 0 fully saturated rings. The van der Waals surface area contributed by atoms with Gasteiger partial charge in [-0.3, -0.25) is 4.79 Å². The molecule has 2 atom stereocenters. The first-order valence-corrected chi connectivity index (χ1v) is 8.38. The van der Waals surface area contributed by atoms with Crippen LogP contribution in [0.2, 0.25) is 0 Å². The average Bonchev–Trinajstić information content (AvgIpc) is 2.47. The highest BCUT2D eigenvalue weighted by atomic mass is 16.5. The number of anilines is 1. The Kier molecular flexibility index (Phi) is 8.00. The second-order valence-electron chi connectivity index (χ2n) is 6.77. The quantitative estimate of drug-likeness (QED) is 0.670. The summed E-state index contributed by atoms with van der Waals surface area (Å²) in [6.07, 6.45) is 1.35. The van der Waals surface area contributed by atoms with Crippen LogP contribution in [0.3, 0.4) is 0 Å². The van der Waals surface area contributed by atoms with E-state index in [1.165, 1.54) is 0 Å². The molecule has 0 saturated heterocycles. The maximum absolute atomic E-state index is 12.0. The molecule has 3 nitrogen and oxygen atoms in total. The van der Waals surface area contributed by atoms with Crippen molar-refractivity contribution in [1.82, 2.24) is 0 Å². The Morgan fingerprint density at radius 3 is 2.23 bits per heavy atom. The van der Waals surface area contributed by atoms with Crippen molar-refractivity contribution in [3.8, 4) is 0 Å². The first kappa shape index (κ1) is 18.5. The summed E-state index contributed by atoms with van der Waals surface area (Å²) in [6.45, 7) is 11.5. The molecule has 0 aliphatic carbocycles. The molecule has 0 bridgehead atoms. The van der Waals surface area contributed by atoms with Gasteiger partial charge in [-0.05, 0) is 36.3 Å². The Morgan fingerprint density at radius 1 is 1.05 bits per heavy atom. The van der Waals surface area contributed by atoms with Crippen LogP contribution < -0.4 is 5.32 Å². The third-order valence-corrected chi connectivity index (χ3v) is 4.20. The molecule has 0 spiro atoms. The Hall–Kier alpha value is -1.51. The van der Waals surface area contributed by atoms with Crippen LogP contribution in [0.5, 0.6) is 0 Å². The van der Waals surface area contributed by atoms with E-state index < -0.39 is 0 Å². The third-order valence-electron chi connectivity index (χ3n) is 4.20. The van der Waals surface area contributed by atoms with E-state index in [9.17, 15) is 4.79 Å². The van der Waals surface area contributed by atoms with Crippen molar-refractivity contribution >= 4 is 11.7 Å². The molecule has 2 unspecified atom stereocenters. The zero-order valence-electron chi connectivity index (χ0n) is 14.6. The van der Waals surface area contributed by atoms with E-state index in [0.29, 0.717) is 30.7 Å². The molecule has 22 heavy (non-hydrogen) atoms. The third kappa shape index (κ3) is 6.97. The van der Waals surface area contributed by atoms with Crippen LogP contribution in [0.15, 0.2) is 30.3 Å². The molecule has 1 aromatic carbocycles. The van der Waals surface area contributed by atoms with Crippen molar-refractivity contribution < 1.29 is 9.53 Å². The zero-order valence-corrected chi connectivity index (χ0v) is 14.6. The highest BCUT2D eigenvalue weighted by Gasteiger charge is 2.22. The van der Waals surface area contributed by atoms with E-state index in [-0.39, 0.29) is 12.1 Å². The number of rotatable bonds is 9. The SMILES string of the molecule is CC(C)C(C)CC(OC(=O)CCNc1ccccc1)C(C)C. The van der Waals surface area contributed by atoms with Gasteiger partial charge in [-0.15, -0.1) is 0 Å². The van der Waals surface area contributed by atoms with E-state index >= 15 is 0 Å². The monoisotopic (exact) mass is 305 g/mol. The van der Waals surface area contributed by atoms with Crippen LogP contribution in [0.25, 0.3) is 0 Å². The average molecular weight is 305 g/mol. The second kappa shape index (κ2) is 9.50. The van der Waals surface area contributed by atoms with Gasteiger partial charge in [0.15, 0.2) is 0 Å². The van der Waals surface area contributed by atoms with Gasteiger partial charge in [0.1, 0.15) is 6.10 Å². The number of benzene rings is 1. The minimum Gasteiger partial charge on any atom is -0.462 e. The van der Waals surface area contributed by atoms with Crippen LogP contribution in [0.4, 0.5) is 5.69 Å². The lowest BCUT2D eigenvalue weighted by Gasteiger charge is -2.26. The highest BCUT2D eigenvalue weighted by molar-refractivity contribution is 5.70. The molecule has 124 valence electrons. The summed E-state index contributed by atoms with van der Waals surface area (Å²) in [5.74, 6) is 1.41. The van der Waals surface area contributed by atoms with E-state index in [0.717, 1.165) is 12.1 Å². The van der Waals surface area contributed by atoms with Crippen LogP contribution >= 0.6 is 0 Å². The van der Waals surface area contributed by atoms with Crippen LogP contribution in [-0.4, -0.2) is 18.6 Å². The van der Waals surface area contributed by atoms with Crippen LogP contribution in [0.1, 0.15) is 47.5 Å². The van der Waals surface area contributed by atoms with E-state index in [2.05, 4.69) is 39.9 Å². The summed E-state index contributed by atoms with van der Waals surface area (Å²) < 4.78 is 5.69. The van der Waals surface area contributed by atoms with Gasteiger partial charge in [0.25, 0.3) is 0 Å². The fourth-order valence-electron chi connectivity index (χ4n) is 2.19. The lowest BCUT2D eigenvalue weighted by molar-refractivity contribution is -0.152. The van der Waals surface area contributed by atoms with Crippen LogP contribution in [-0.2, 0) is 9.53 Å². The largest absolute Gasteiger partial charge is 0.462 e. The number of nitrogens with one attached hydrogen (secondary N) is 1. The molecular weight excluding hydrogens is 274 g/mol. The number of hydrogen-bond donors (Lipinski definition) is 1. The summed E-state index contributed by atoms with van der Waals surface area (Å²) >= 11 is 0. The fourth-order valence-corrected chi connectivity index (χ4v) is 2.19. The smallest absolute Gasteiger partial charge is 0.307 e. The predicted molar refractivity (Wildman–Crippen MR) is 92.9 cm³/mol. The van der Waals surface area contributed by atoms with Gasteiger partial charge in [0, 0.05) is 12.2 Å². The van der Waals surface area contributed by atoms with Crippen molar-refractivity contribution in [2.24, 2.45) is 17.8 Å². The summed E-state index contributed by atoms with van der Waals surface area (Å²) in [5.41, 5.74) is 1.03. The number of para-hydroxylation sites is 1. The molecule has 0 aliphatic heterocycles. The molecule has 0 aliphatic rings. The van der Waals surface area contributed by atoms with Gasteiger partial charge in [-0.25, -0.2) is 0 Å². The second-order valence-corrected chi connectivity index (χ2v) is 6.77. The molecule has 3 heteroatoms. The summed E-state index contributed by atoms with van der Waals surface area (Å²) in [6, 6.07) is 9.91. The van der Waals surface area contributed by atoms with Crippen molar-refractivity contribution in [3.63, 3.8) is 0 Å². The van der Waals surface area contributed by atoms with Crippen molar-refractivity contribution in [2.75, 3.05) is 11.9 Å². The van der Waals surface area contributed by atoms with Crippen molar-refractivity contribution in [3.05, 3.63) is 30.3 Å². The summed E-state index contributed by atoms with van der Waals surface area (Å²) in [5, 5.41) is 3.24. The molecular formula is C19H31NO2. The van der Waals surface area contributed by atoms with E-state index in [4.69, 9.17) is 4.74 Å². The number of hydrogen-bond acceptors (Lipinski definition) is 3. The zero-order chi connectivity index (χ0) is 16.5. The standard InChI is InChI=1S/C19H31NO2/c1-14(2)16(5)13-18(15(3)4)22-19(21)11-12-20-17-9-7-6-8-10-17/h6-10,14-16,18,20H,11-13H2,1-5H3. The Bertz CT molecular complexity index is 428. The lowest BCUT2D eigenvalue weighted by atomic mass is 9.88. The molecule has 0 heterocycles. The Morgan fingerprint density at radius 2 is 1.68 bits per heavy atom. The Balaban J connectivity index is 2.37. The minimum atomic E-state index is -0.113. The van der Waals surface area contributed by atoms with Gasteiger partial charge in [0.05, 0.1) is 6.42 Å². The number of carbonyl (C=O) groups is 1. The van der Waals surface area contributed by atoms with Gasteiger partial charge >= 0.3 is 5.97 Å². The molecule has 1 N–H and O–H groups in total. The van der Waals surface area contributed by atoms with Gasteiger partial charge in [0.2, 0.25) is 0 Å². The van der Waals surface area contributed by atoms with Gasteiger partial charge in [-0.2, -0.15) is 0 Å². The molecule has 0 amide bonds. The van der Waals surface area contributed by atoms with Crippen LogP contribution in [0, 0.1) is 17.8 Å². The van der Waals surface area contributed by atoms with Gasteiger partial charge in [-0.1, -0.05) is 52.8 Å². The number of carbonyl (C=O) groups excluding carboxylic acids is 1. The molecule has 0 radical (unpaired) electrons. The van der Waals surface area contributed by atoms with Crippen molar-refractivity contribution in [2.45, 2.75) is 53.6 Å². The first-order chi connectivity index (χ1) is 10.4. The summed E-state index contributed by atoms with van der Waals surface area (Å²) in [4.78, 5) is 12.0. The van der Waals surface area contributed by atoms with E-state index in [1.807, 2.05) is 30.3 Å². The lowest BCUT2D eigenvalue weighted by Crippen LogP contribution is -2.28. The summed E-state index contributed by atoms with van der Waals surface area (Å²) in [7, 11) is 0. The van der Waals surface area contributed by atoms with Crippen molar-refractivity contribution in [1.29, 1.82) is 0 Å². The fraction of sp³-hybridized carbons (Fsp3) is 0.632. The van der Waals surface area contributed by atoms with E-state index in [1.54, 1.807) is 0 Å². The topological polar surface area (TPSA) is 38.3 Å². The molecule has 1 aromatic rings. The van der Waals surface area contributed by atoms with Gasteiger partial charge < -0.3 is 10.1 Å². The molecule has 1 rings (SSSR count). The number of ether oxygens (including phenoxy) is 1. The maximum atomic E-state index is 12.0. The number of esters is 1. The molecule has 0 saturated carbocycles. The minimum absolute atomic E-state index is 0.0154. The highest BCUT2D eigenvalue weighted by Crippen LogP contribution is 2.22. The first-order valence-electron chi connectivity index (χ1n) is 8.38. The maximum Gasteiger partial charge on any atom is 0.307 e.